The lowest BCUT2D eigenvalue weighted by Gasteiger charge is -2.34. The minimum Gasteiger partial charge on any atom is -0.466 e. The fourth-order valence-corrected chi connectivity index (χ4v) is 2.82. The third kappa shape index (κ3) is 4.45. The van der Waals surface area contributed by atoms with Crippen molar-refractivity contribution in [3.05, 3.63) is 11.6 Å². The van der Waals surface area contributed by atoms with Gasteiger partial charge in [-0.3, -0.25) is 0 Å². The van der Waals surface area contributed by atoms with Crippen LogP contribution in [0.3, 0.4) is 0 Å². The number of carbonyl (C=O) groups is 1. The molecule has 0 aromatic carbocycles. The van der Waals surface area contributed by atoms with Crippen molar-refractivity contribution in [2.45, 2.75) is 52.5 Å². The van der Waals surface area contributed by atoms with Crippen molar-refractivity contribution in [3.63, 3.8) is 0 Å². The molecule has 18 heavy (non-hydrogen) atoms. The summed E-state index contributed by atoms with van der Waals surface area (Å²) in [7, 11) is 1.42. The highest BCUT2D eigenvalue weighted by molar-refractivity contribution is 5.87. The van der Waals surface area contributed by atoms with Gasteiger partial charge in [0.1, 0.15) is 0 Å². The van der Waals surface area contributed by atoms with E-state index in [0.717, 1.165) is 18.4 Å². The Morgan fingerprint density at radius 3 is 2.67 bits per heavy atom. The minimum absolute atomic E-state index is 0.235. The molecular formula is C15H27NO2. The second kappa shape index (κ2) is 7.57. The number of carbonyl (C=O) groups excluding carboxylic acids is 1. The largest absolute Gasteiger partial charge is 0.466 e. The summed E-state index contributed by atoms with van der Waals surface area (Å²) in [5.74, 6) is 1.26. The van der Waals surface area contributed by atoms with Gasteiger partial charge < -0.3 is 10.1 Å². The zero-order valence-corrected chi connectivity index (χ0v) is 12.2. The molecule has 1 aliphatic rings. The lowest BCUT2D eigenvalue weighted by atomic mass is 9.78. The Balaban J connectivity index is 2.43. The van der Waals surface area contributed by atoms with Crippen LogP contribution in [0.2, 0.25) is 0 Å². The molecule has 0 spiro atoms. The number of ether oxygens (including phenoxy) is 1. The summed E-state index contributed by atoms with van der Waals surface area (Å²) >= 11 is 0. The van der Waals surface area contributed by atoms with E-state index in [1.807, 2.05) is 6.08 Å². The predicted molar refractivity (Wildman–Crippen MR) is 74.4 cm³/mol. The van der Waals surface area contributed by atoms with Crippen LogP contribution >= 0.6 is 0 Å². The summed E-state index contributed by atoms with van der Waals surface area (Å²) in [4.78, 5) is 11.2. The van der Waals surface area contributed by atoms with E-state index in [1.54, 1.807) is 6.92 Å². The van der Waals surface area contributed by atoms with Crippen molar-refractivity contribution in [2.75, 3.05) is 13.7 Å². The van der Waals surface area contributed by atoms with Crippen LogP contribution in [0.15, 0.2) is 11.6 Å². The van der Waals surface area contributed by atoms with Gasteiger partial charge in [0, 0.05) is 18.2 Å². The third-order valence-electron chi connectivity index (χ3n) is 3.97. The molecule has 2 atom stereocenters. The van der Waals surface area contributed by atoms with Gasteiger partial charge in [-0.05, 0) is 31.6 Å². The Bertz CT molecular complexity index is 297. The smallest absolute Gasteiger partial charge is 0.333 e. The molecule has 0 aliphatic heterocycles. The molecule has 0 saturated heterocycles. The number of methoxy groups -OCH3 is 1. The summed E-state index contributed by atoms with van der Waals surface area (Å²) in [6, 6.07) is 0.598. The maximum atomic E-state index is 11.2. The minimum atomic E-state index is -0.235. The quantitative estimate of drug-likeness (QED) is 0.605. The van der Waals surface area contributed by atoms with E-state index in [-0.39, 0.29) is 5.97 Å². The van der Waals surface area contributed by atoms with Crippen molar-refractivity contribution in [1.82, 2.24) is 5.32 Å². The molecule has 1 rings (SSSR count). The van der Waals surface area contributed by atoms with E-state index < -0.39 is 0 Å². The highest BCUT2D eigenvalue weighted by Crippen LogP contribution is 2.30. The van der Waals surface area contributed by atoms with E-state index in [2.05, 4.69) is 23.9 Å². The molecule has 0 aromatic rings. The van der Waals surface area contributed by atoms with Crippen LogP contribution < -0.4 is 5.32 Å². The first-order valence-electron chi connectivity index (χ1n) is 7.04. The van der Waals surface area contributed by atoms with Crippen LogP contribution in [0, 0.1) is 11.8 Å². The normalized spacial score (nSPS) is 25.3. The van der Waals surface area contributed by atoms with Crippen molar-refractivity contribution >= 4 is 5.97 Å². The van der Waals surface area contributed by atoms with Crippen molar-refractivity contribution in [2.24, 2.45) is 11.8 Å². The summed E-state index contributed by atoms with van der Waals surface area (Å²) in [5.41, 5.74) is 0.682. The Kier molecular flexibility index (Phi) is 6.41. The van der Waals surface area contributed by atoms with Gasteiger partial charge in [-0.15, -0.1) is 0 Å². The first kappa shape index (κ1) is 15.2. The topological polar surface area (TPSA) is 38.3 Å². The lowest BCUT2D eigenvalue weighted by molar-refractivity contribution is -0.136. The van der Waals surface area contributed by atoms with Gasteiger partial charge in [0.05, 0.1) is 7.11 Å². The summed E-state index contributed by atoms with van der Waals surface area (Å²) < 4.78 is 4.68. The third-order valence-corrected chi connectivity index (χ3v) is 3.97. The monoisotopic (exact) mass is 253 g/mol. The molecule has 0 aromatic heterocycles. The van der Waals surface area contributed by atoms with Crippen LogP contribution in [-0.4, -0.2) is 25.7 Å². The van der Waals surface area contributed by atoms with Crippen molar-refractivity contribution < 1.29 is 9.53 Å². The van der Waals surface area contributed by atoms with Crippen LogP contribution in [-0.2, 0) is 9.53 Å². The zero-order valence-electron chi connectivity index (χ0n) is 12.2. The van der Waals surface area contributed by atoms with Gasteiger partial charge >= 0.3 is 5.97 Å². The maximum absolute atomic E-state index is 11.2. The first-order chi connectivity index (χ1) is 8.56. The highest BCUT2D eigenvalue weighted by Gasteiger charge is 2.26. The average Bonchev–Trinajstić information content (AvgIpc) is 2.38. The molecule has 2 unspecified atom stereocenters. The number of esters is 1. The first-order valence-corrected chi connectivity index (χ1v) is 7.04. The lowest BCUT2D eigenvalue weighted by Crippen LogP contribution is -2.41. The molecule has 1 fully saturated rings. The van der Waals surface area contributed by atoms with Crippen LogP contribution in [0.5, 0.6) is 0 Å². The number of nitrogens with one attached hydrogen (secondary N) is 1. The summed E-state index contributed by atoms with van der Waals surface area (Å²) in [6.45, 7) is 7.17. The molecule has 0 bridgehead atoms. The zero-order chi connectivity index (χ0) is 13.5. The predicted octanol–water partition coefficient (Wildman–Crippen LogP) is 2.91. The molecule has 0 radical (unpaired) electrons. The molecular weight excluding hydrogens is 226 g/mol. The Labute approximate surface area is 111 Å². The molecule has 0 amide bonds. The van der Waals surface area contributed by atoms with Gasteiger partial charge in [-0.25, -0.2) is 4.79 Å². The number of hydrogen-bond donors (Lipinski definition) is 1. The van der Waals surface area contributed by atoms with E-state index in [1.165, 1.54) is 32.8 Å². The highest BCUT2D eigenvalue weighted by atomic mass is 16.5. The van der Waals surface area contributed by atoms with E-state index in [9.17, 15) is 4.79 Å². The SMILES string of the molecule is COC(=O)C(C)=CCNC1CCCCC1C(C)C. The second-order valence-corrected chi connectivity index (χ2v) is 5.59. The number of hydrogen-bond acceptors (Lipinski definition) is 3. The average molecular weight is 253 g/mol. The van der Waals surface area contributed by atoms with Gasteiger partial charge in [0.25, 0.3) is 0 Å². The Morgan fingerprint density at radius 2 is 2.06 bits per heavy atom. The molecule has 1 aliphatic carbocycles. The molecule has 104 valence electrons. The molecule has 3 nitrogen and oxygen atoms in total. The van der Waals surface area contributed by atoms with Gasteiger partial charge in [-0.2, -0.15) is 0 Å². The Hall–Kier alpha value is -0.830. The summed E-state index contributed by atoms with van der Waals surface area (Å²) in [6.07, 6.45) is 7.19. The van der Waals surface area contributed by atoms with Crippen molar-refractivity contribution in [1.29, 1.82) is 0 Å². The van der Waals surface area contributed by atoms with Gasteiger partial charge in [0.15, 0.2) is 0 Å². The van der Waals surface area contributed by atoms with Crippen molar-refractivity contribution in [3.8, 4) is 0 Å². The van der Waals surface area contributed by atoms with E-state index >= 15 is 0 Å². The van der Waals surface area contributed by atoms with Crippen LogP contribution in [0.4, 0.5) is 0 Å². The van der Waals surface area contributed by atoms with Gasteiger partial charge in [-0.1, -0.05) is 32.8 Å². The Morgan fingerprint density at radius 1 is 1.39 bits per heavy atom. The van der Waals surface area contributed by atoms with E-state index in [0.29, 0.717) is 11.6 Å². The fraction of sp³-hybridized carbons (Fsp3) is 0.800. The molecule has 3 heteroatoms. The van der Waals surface area contributed by atoms with Crippen LogP contribution in [0.1, 0.15) is 46.5 Å². The molecule has 1 N–H and O–H groups in total. The summed E-state index contributed by atoms with van der Waals surface area (Å²) in [5, 5.41) is 3.58. The standard InChI is InChI=1S/C15H27NO2/c1-11(2)13-7-5-6-8-14(13)16-10-9-12(3)15(17)18-4/h9,11,13-14,16H,5-8,10H2,1-4H3. The van der Waals surface area contributed by atoms with E-state index in [4.69, 9.17) is 0 Å². The second-order valence-electron chi connectivity index (χ2n) is 5.59. The molecule has 0 heterocycles. The van der Waals surface area contributed by atoms with Gasteiger partial charge in [0.2, 0.25) is 0 Å². The molecule has 1 saturated carbocycles. The fourth-order valence-electron chi connectivity index (χ4n) is 2.82. The number of rotatable bonds is 5. The van der Waals surface area contributed by atoms with Crippen LogP contribution in [0.25, 0.3) is 0 Å². The maximum Gasteiger partial charge on any atom is 0.333 e.